The van der Waals surface area contributed by atoms with Crippen LogP contribution in [-0.2, 0) is 11.2 Å². The molecule has 0 N–H and O–H groups in total. The molecule has 1 unspecified atom stereocenters. The van der Waals surface area contributed by atoms with Crippen molar-refractivity contribution in [2.45, 2.75) is 12.3 Å². The van der Waals surface area contributed by atoms with Crippen LogP contribution in [0.2, 0.25) is 0 Å². The second-order valence-electron chi connectivity index (χ2n) is 4.56. The lowest BCUT2D eigenvalue weighted by atomic mass is 9.99. The van der Waals surface area contributed by atoms with Crippen molar-refractivity contribution in [3.63, 3.8) is 0 Å². The zero-order valence-corrected chi connectivity index (χ0v) is 12.1. The number of hydrogen-bond acceptors (Lipinski definition) is 3. The molecule has 0 saturated carbocycles. The molecule has 1 heterocycles. The quantitative estimate of drug-likeness (QED) is 0.847. The lowest BCUT2D eigenvalue weighted by Crippen LogP contribution is -2.32. The summed E-state index contributed by atoms with van der Waals surface area (Å²) in [5.74, 6) is -0.861. The van der Waals surface area contributed by atoms with E-state index in [9.17, 15) is 10.1 Å². The summed E-state index contributed by atoms with van der Waals surface area (Å²) < 4.78 is 0. The van der Waals surface area contributed by atoms with Crippen LogP contribution in [0.3, 0.4) is 0 Å². The van der Waals surface area contributed by atoms with Gasteiger partial charge in [-0.3, -0.25) is 4.79 Å². The molecule has 0 bridgehead atoms. The van der Waals surface area contributed by atoms with Crippen LogP contribution in [0.25, 0.3) is 0 Å². The van der Waals surface area contributed by atoms with E-state index in [-0.39, 0.29) is 5.91 Å². The lowest BCUT2D eigenvalue weighted by molar-refractivity contribution is -0.130. The van der Waals surface area contributed by atoms with E-state index in [1.165, 1.54) is 4.88 Å². The molecule has 1 aromatic heterocycles. The molecule has 4 heteroatoms. The fourth-order valence-corrected chi connectivity index (χ4v) is 2.68. The molecule has 20 heavy (non-hydrogen) atoms. The van der Waals surface area contributed by atoms with Gasteiger partial charge in [0, 0.05) is 18.5 Å². The third kappa shape index (κ3) is 3.46. The van der Waals surface area contributed by atoms with Crippen LogP contribution < -0.4 is 0 Å². The fraction of sp³-hybridized carbons (Fsp3) is 0.250. The Hall–Kier alpha value is -2.12. The van der Waals surface area contributed by atoms with Crippen LogP contribution in [0.4, 0.5) is 0 Å². The highest BCUT2D eigenvalue weighted by Crippen LogP contribution is 2.17. The number of thiophene rings is 1. The number of nitriles is 1. The van der Waals surface area contributed by atoms with Gasteiger partial charge in [0.25, 0.3) is 0 Å². The summed E-state index contributed by atoms with van der Waals surface area (Å²) in [6.45, 7) is 0.629. The van der Waals surface area contributed by atoms with Gasteiger partial charge in [-0.2, -0.15) is 5.26 Å². The highest BCUT2D eigenvalue weighted by Gasteiger charge is 2.23. The molecule has 0 aliphatic rings. The molecule has 0 aliphatic heterocycles. The summed E-state index contributed by atoms with van der Waals surface area (Å²) in [6.07, 6.45) is 0.826. The van der Waals surface area contributed by atoms with Crippen LogP contribution in [0.15, 0.2) is 47.8 Å². The van der Waals surface area contributed by atoms with Crippen LogP contribution in [-0.4, -0.2) is 24.4 Å². The van der Waals surface area contributed by atoms with Crippen molar-refractivity contribution >= 4 is 17.2 Å². The second-order valence-corrected chi connectivity index (χ2v) is 5.59. The van der Waals surface area contributed by atoms with Crippen molar-refractivity contribution in [2.24, 2.45) is 0 Å². The van der Waals surface area contributed by atoms with Crippen molar-refractivity contribution in [1.29, 1.82) is 5.26 Å². The maximum absolute atomic E-state index is 12.3. The number of likely N-dealkylation sites (N-methyl/N-ethyl adjacent to an activating group) is 1. The number of hydrogen-bond donors (Lipinski definition) is 0. The predicted octanol–water partition coefficient (Wildman–Crippen LogP) is 3.06. The molecule has 0 saturated heterocycles. The molecule has 1 amide bonds. The first kappa shape index (κ1) is 14.3. The van der Waals surface area contributed by atoms with Crippen molar-refractivity contribution in [1.82, 2.24) is 4.90 Å². The number of carbonyl (C=O) groups excluding carboxylic acids is 1. The molecule has 2 aromatic rings. The Morgan fingerprint density at radius 3 is 2.65 bits per heavy atom. The Morgan fingerprint density at radius 1 is 1.30 bits per heavy atom. The van der Waals surface area contributed by atoms with E-state index in [2.05, 4.69) is 12.1 Å². The summed E-state index contributed by atoms with van der Waals surface area (Å²) in [6, 6.07) is 15.4. The van der Waals surface area contributed by atoms with Crippen molar-refractivity contribution in [3.05, 3.63) is 58.3 Å². The Morgan fingerprint density at radius 2 is 2.05 bits per heavy atom. The molecular weight excluding hydrogens is 268 g/mol. The van der Waals surface area contributed by atoms with E-state index in [0.717, 1.165) is 12.0 Å². The van der Waals surface area contributed by atoms with Crippen LogP contribution in [0, 0.1) is 11.3 Å². The zero-order valence-electron chi connectivity index (χ0n) is 11.3. The van der Waals surface area contributed by atoms with E-state index in [1.807, 2.05) is 41.8 Å². The van der Waals surface area contributed by atoms with Gasteiger partial charge in [-0.15, -0.1) is 11.3 Å². The van der Waals surface area contributed by atoms with Crippen molar-refractivity contribution < 1.29 is 4.79 Å². The summed E-state index contributed by atoms with van der Waals surface area (Å²) >= 11 is 1.68. The van der Waals surface area contributed by atoms with E-state index in [0.29, 0.717) is 6.54 Å². The first-order chi connectivity index (χ1) is 9.72. The van der Waals surface area contributed by atoms with Gasteiger partial charge in [-0.25, -0.2) is 0 Å². The summed E-state index contributed by atoms with van der Waals surface area (Å²) in [4.78, 5) is 15.2. The molecule has 102 valence electrons. The Labute approximate surface area is 123 Å². The summed E-state index contributed by atoms with van der Waals surface area (Å²) in [5.41, 5.74) is 0.753. The molecule has 0 aliphatic carbocycles. The summed E-state index contributed by atoms with van der Waals surface area (Å²) in [5, 5.41) is 11.3. The van der Waals surface area contributed by atoms with Gasteiger partial charge >= 0.3 is 0 Å². The van der Waals surface area contributed by atoms with Gasteiger partial charge in [0.15, 0.2) is 0 Å². The Bertz CT molecular complexity index is 587. The van der Waals surface area contributed by atoms with Gasteiger partial charge in [-0.1, -0.05) is 36.4 Å². The average molecular weight is 284 g/mol. The second kappa shape index (κ2) is 6.88. The van der Waals surface area contributed by atoms with Gasteiger partial charge in [0.05, 0.1) is 6.07 Å². The van der Waals surface area contributed by atoms with Crippen LogP contribution in [0.5, 0.6) is 0 Å². The minimum atomic E-state index is -0.718. The molecular formula is C16H16N2OS. The Kier molecular flexibility index (Phi) is 4.91. The van der Waals surface area contributed by atoms with Gasteiger partial charge in [-0.05, 0) is 23.4 Å². The van der Waals surface area contributed by atoms with Gasteiger partial charge in [0.1, 0.15) is 5.92 Å². The molecule has 3 nitrogen and oxygen atoms in total. The van der Waals surface area contributed by atoms with E-state index < -0.39 is 5.92 Å². The smallest absolute Gasteiger partial charge is 0.244 e. The molecule has 0 radical (unpaired) electrons. The van der Waals surface area contributed by atoms with Crippen molar-refractivity contribution in [2.75, 3.05) is 13.6 Å². The fourth-order valence-electron chi connectivity index (χ4n) is 1.98. The monoisotopic (exact) mass is 284 g/mol. The number of benzene rings is 1. The molecule has 0 fully saturated rings. The highest BCUT2D eigenvalue weighted by molar-refractivity contribution is 7.09. The summed E-state index contributed by atoms with van der Waals surface area (Å²) in [7, 11) is 1.75. The third-order valence-corrected chi connectivity index (χ3v) is 4.10. The van der Waals surface area contributed by atoms with Crippen LogP contribution >= 0.6 is 11.3 Å². The topological polar surface area (TPSA) is 44.1 Å². The Balaban J connectivity index is 2.00. The minimum absolute atomic E-state index is 0.143. The van der Waals surface area contributed by atoms with E-state index in [1.54, 1.807) is 23.3 Å². The number of carbonyl (C=O) groups is 1. The number of rotatable bonds is 5. The van der Waals surface area contributed by atoms with E-state index >= 15 is 0 Å². The first-order valence-corrected chi connectivity index (χ1v) is 7.32. The lowest BCUT2D eigenvalue weighted by Gasteiger charge is -2.20. The first-order valence-electron chi connectivity index (χ1n) is 6.44. The largest absolute Gasteiger partial charge is 0.344 e. The zero-order chi connectivity index (χ0) is 14.4. The van der Waals surface area contributed by atoms with Gasteiger partial charge in [0.2, 0.25) is 5.91 Å². The highest BCUT2D eigenvalue weighted by atomic mass is 32.1. The maximum atomic E-state index is 12.3. The van der Waals surface area contributed by atoms with E-state index in [4.69, 9.17) is 0 Å². The van der Waals surface area contributed by atoms with Crippen LogP contribution in [0.1, 0.15) is 16.4 Å². The molecule has 1 atom stereocenters. The average Bonchev–Trinajstić information content (AvgIpc) is 3.00. The predicted molar refractivity (Wildman–Crippen MR) is 80.5 cm³/mol. The molecule has 1 aromatic carbocycles. The molecule has 0 spiro atoms. The van der Waals surface area contributed by atoms with Crippen molar-refractivity contribution in [3.8, 4) is 6.07 Å². The minimum Gasteiger partial charge on any atom is -0.344 e. The SMILES string of the molecule is CN(CCc1cccs1)C(=O)C(C#N)c1ccccc1. The third-order valence-electron chi connectivity index (χ3n) is 3.16. The normalized spacial score (nSPS) is 11.6. The van der Waals surface area contributed by atoms with Gasteiger partial charge < -0.3 is 4.90 Å². The standard InChI is InChI=1S/C16H16N2OS/c1-18(10-9-14-8-5-11-20-14)16(19)15(12-17)13-6-3-2-4-7-13/h2-8,11,15H,9-10H2,1H3. The molecule has 2 rings (SSSR count). The number of amides is 1. The maximum Gasteiger partial charge on any atom is 0.244 e. The number of nitrogens with zero attached hydrogens (tertiary/aromatic N) is 2.